The molecule has 0 saturated carbocycles. The molecule has 3 amide bonds. The molecule has 1 heterocycles. The highest BCUT2D eigenvalue weighted by Crippen LogP contribution is 2.32. The van der Waals surface area contributed by atoms with Crippen LogP contribution >= 0.6 is 0 Å². The van der Waals surface area contributed by atoms with Crippen LogP contribution < -0.4 is 20.1 Å². The molecule has 0 spiro atoms. The van der Waals surface area contributed by atoms with Crippen LogP contribution in [0.1, 0.15) is 16.7 Å². The highest BCUT2D eigenvalue weighted by Gasteiger charge is 2.13. The fourth-order valence-corrected chi connectivity index (χ4v) is 2.64. The topological polar surface area (TPSA) is 103 Å². The maximum atomic E-state index is 11.9. The molecule has 1 aliphatic heterocycles. The summed E-state index contributed by atoms with van der Waals surface area (Å²) in [5.74, 6) is -0.222. The monoisotopic (exact) mass is 396 g/mol. The summed E-state index contributed by atoms with van der Waals surface area (Å²) >= 11 is 0. The molecule has 8 nitrogen and oxygen atoms in total. The second-order valence-electron chi connectivity index (χ2n) is 6.37. The first-order valence-corrected chi connectivity index (χ1v) is 8.83. The van der Waals surface area contributed by atoms with Gasteiger partial charge in [-0.25, -0.2) is 9.59 Å². The number of urea groups is 1. The number of anilines is 1. The lowest BCUT2D eigenvalue weighted by molar-refractivity contribution is -0.143. The molecule has 0 atom stereocenters. The smallest absolute Gasteiger partial charge is 0.331 e. The van der Waals surface area contributed by atoms with E-state index in [1.807, 2.05) is 26.0 Å². The zero-order valence-electron chi connectivity index (χ0n) is 16.0. The van der Waals surface area contributed by atoms with Crippen LogP contribution in [0.2, 0.25) is 0 Å². The van der Waals surface area contributed by atoms with Crippen molar-refractivity contribution in [2.75, 3.05) is 18.7 Å². The molecule has 2 aromatic carbocycles. The van der Waals surface area contributed by atoms with Gasteiger partial charge in [0.05, 0.1) is 0 Å². The van der Waals surface area contributed by atoms with Crippen LogP contribution in [-0.2, 0) is 14.3 Å². The lowest BCUT2D eigenvalue weighted by Crippen LogP contribution is -2.37. The number of imide groups is 1. The first kappa shape index (κ1) is 19.9. The van der Waals surface area contributed by atoms with E-state index >= 15 is 0 Å². The summed E-state index contributed by atoms with van der Waals surface area (Å²) in [6.07, 6.45) is 2.70. The molecular weight excluding hydrogens is 376 g/mol. The maximum Gasteiger partial charge on any atom is 0.331 e. The minimum absolute atomic E-state index is 0.163. The van der Waals surface area contributed by atoms with E-state index in [2.05, 4.69) is 10.6 Å². The Morgan fingerprint density at radius 3 is 2.66 bits per heavy atom. The number of carbonyl (C=O) groups excluding carboxylic acids is 3. The Hall–Kier alpha value is -3.81. The zero-order valence-corrected chi connectivity index (χ0v) is 16.0. The molecule has 2 N–H and O–H groups in total. The molecule has 0 aliphatic carbocycles. The lowest BCUT2D eigenvalue weighted by Gasteiger charge is -2.09. The molecule has 0 unspecified atom stereocenters. The number of rotatable bonds is 5. The van der Waals surface area contributed by atoms with Crippen LogP contribution in [-0.4, -0.2) is 31.3 Å². The van der Waals surface area contributed by atoms with Gasteiger partial charge >= 0.3 is 12.0 Å². The molecule has 29 heavy (non-hydrogen) atoms. The molecule has 150 valence electrons. The molecule has 0 bridgehead atoms. The predicted molar refractivity (Wildman–Crippen MR) is 106 cm³/mol. The third-order valence-electron chi connectivity index (χ3n) is 4.04. The van der Waals surface area contributed by atoms with E-state index in [1.54, 1.807) is 24.3 Å². The zero-order chi connectivity index (χ0) is 20.8. The third kappa shape index (κ3) is 5.58. The third-order valence-corrected chi connectivity index (χ3v) is 4.04. The number of ether oxygens (including phenoxy) is 3. The van der Waals surface area contributed by atoms with Gasteiger partial charge in [0.15, 0.2) is 18.1 Å². The van der Waals surface area contributed by atoms with E-state index in [4.69, 9.17) is 14.2 Å². The van der Waals surface area contributed by atoms with Crippen molar-refractivity contribution >= 4 is 29.7 Å². The number of amides is 3. The first-order chi connectivity index (χ1) is 13.9. The summed E-state index contributed by atoms with van der Waals surface area (Å²) in [6.45, 7) is 3.37. The van der Waals surface area contributed by atoms with E-state index in [1.165, 1.54) is 12.2 Å². The Bertz CT molecular complexity index is 983. The summed E-state index contributed by atoms with van der Waals surface area (Å²) in [6, 6.07) is 10.0. The van der Waals surface area contributed by atoms with Crippen LogP contribution in [0.5, 0.6) is 11.5 Å². The molecule has 3 rings (SSSR count). The van der Waals surface area contributed by atoms with E-state index < -0.39 is 24.5 Å². The highest BCUT2D eigenvalue weighted by atomic mass is 16.7. The number of hydrogen-bond acceptors (Lipinski definition) is 6. The molecule has 0 fully saturated rings. The molecule has 2 aromatic rings. The van der Waals surface area contributed by atoms with Gasteiger partial charge in [0, 0.05) is 11.8 Å². The van der Waals surface area contributed by atoms with Crippen LogP contribution in [0.3, 0.4) is 0 Å². The summed E-state index contributed by atoms with van der Waals surface area (Å²) in [4.78, 5) is 35.4. The number of fused-ring (bicyclic) bond motifs is 1. The second-order valence-corrected chi connectivity index (χ2v) is 6.37. The van der Waals surface area contributed by atoms with Crippen LogP contribution in [0.25, 0.3) is 6.08 Å². The highest BCUT2D eigenvalue weighted by molar-refractivity contribution is 6.02. The summed E-state index contributed by atoms with van der Waals surface area (Å²) < 4.78 is 15.3. The number of nitrogens with one attached hydrogen (secondary N) is 2. The fraction of sp³-hybridized carbons (Fsp3) is 0.190. The maximum absolute atomic E-state index is 11.9. The Balaban J connectivity index is 1.43. The van der Waals surface area contributed by atoms with Crippen molar-refractivity contribution in [3.05, 3.63) is 59.2 Å². The van der Waals surface area contributed by atoms with E-state index in [-0.39, 0.29) is 6.79 Å². The number of benzene rings is 2. The van der Waals surface area contributed by atoms with Gasteiger partial charge in [-0.15, -0.1) is 0 Å². The van der Waals surface area contributed by atoms with Crippen LogP contribution in [0, 0.1) is 13.8 Å². The van der Waals surface area contributed by atoms with Gasteiger partial charge in [-0.3, -0.25) is 10.1 Å². The van der Waals surface area contributed by atoms with E-state index in [0.717, 1.165) is 11.1 Å². The minimum atomic E-state index is -0.739. The number of aryl methyl sites for hydroxylation is 2. The largest absolute Gasteiger partial charge is 0.454 e. The molecule has 0 saturated heterocycles. The van der Waals surface area contributed by atoms with Crippen molar-refractivity contribution in [3.63, 3.8) is 0 Å². The Kier molecular flexibility index (Phi) is 6.13. The van der Waals surface area contributed by atoms with Gasteiger partial charge in [-0.05, 0) is 49.2 Å². The minimum Gasteiger partial charge on any atom is -0.454 e. The average molecular weight is 396 g/mol. The Labute approximate surface area is 167 Å². The first-order valence-electron chi connectivity index (χ1n) is 8.83. The molecule has 0 aromatic heterocycles. The average Bonchev–Trinajstić information content (AvgIpc) is 3.14. The van der Waals surface area contributed by atoms with Gasteiger partial charge in [0.25, 0.3) is 5.91 Å². The standard InChI is InChI=1S/C21H20N2O6/c1-13-3-6-16(14(2)9-13)22-21(26)23-19(24)11-27-20(25)8-5-15-4-7-17-18(10-15)29-12-28-17/h3-10H,11-12H2,1-2H3,(H2,22,23,24,26)/b8-5+. The normalized spacial score (nSPS) is 11.9. The Morgan fingerprint density at radius 2 is 1.86 bits per heavy atom. The number of esters is 1. The van der Waals surface area contributed by atoms with Crippen molar-refractivity contribution in [1.82, 2.24) is 5.32 Å². The quantitative estimate of drug-likeness (QED) is 0.595. The molecular formula is C21H20N2O6. The molecule has 1 aliphatic rings. The van der Waals surface area contributed by atoms with Gasteiger partial charge in [0.1, 0.15) is 0 Å². The Morgan fingerprint density at radius 1 is 1.07 bits per heavy atom. The van der Waals surface area contributed by atoms with Crippen molar-refractivity contribution < 1.29 is 28.6 Å². The van der Waals surface area contributed by atoms with Crippen molar-refractivity contribution in [3.8, 4) is 11.5 Å². The van der Waals surface area contributed by atoms with E-state index in [9.17, 15) is 14.4 Å². The van der Waals surface area contributed by atoms with Gasteiger partial charge < -0.3 is 19.5 Å². The second kappa shape index (κ2) is 8.92. The van der Waals surface area contributed by atoms with Gasteiger partial charge in [-0.1, -0.05) is 23.8 Å². The van der Waals surface area contributed by atoms with Crippen LogP contribution in [0.15, 0.2) is 42.5 Å². The SMILES string of the molecule is Cc1ccc(NC(=O)NC(=O)COC(=O)/C=C/c2ccc3c(c2)OCO3)c(C)c1. The number of carbonyl (C=O) groups is 3. The fourth-order valence-electron chi connectivity index (χ4n) is 2.64. The van der Waals surface area contributed by atoms with Crippen molar-refractivity contribution in [1.29, 1.82) is 0 Å². The molecule has 8 heteroatoms. The van der Waals surface area contributed by atoms with Crippen LogP contribution in [0.4, 0.5) is 10.5 Å². The van der Waals surface area contributed by atoms with Gasteiger partial charge in [0.2, 0.25) is 6.79 Å². The van der Waals surface area contributed by atoms with Crippen molar-refractivity contribution in [2.24, 2.45) is 0 Å². The lowest BCUT2D eigenvalue weighted by atomic mass is 10.1. The number of hydrogen-bond donors (Lipinski definition) is 2. The van der Waals surface area contributed by atoms with Crippen molar-refractivity contribution in [2.45, 2.75) is 13.8 Å². The summed E-state index contributed by atoms with van der Waals surface area (Å²) in [7, 11) is 0. The summed E-state index contributed by atoms with van der Waals surface area (Å²) in [5.41, 5.74) is 3.23. The molecule has 0 radical (unpaired) electrons. The summed E-state index contributed by atoms with van der Waals surface area (Å²) in [5, 5.41) is 4.68. The predicted octanol–water partition coefficient (Wildman–Crippen LogP) is 2.94. The van der Waals surface area contributed by atoms with E-state index in [0.29, 0.717) is 22.7 Å². The van der Waals surface area contributed by atoms with Gasteiger partial charge in [-0.2, -0.15) is 0 Å².